The molecule has 0 spiro atoms. The van der Waals surface area contributed by atoms with E-state index in [9.17, 15) is 28.2 Å². The second kappa shape index (κ2) is 15.3. The van der Waals surface area contributed by atoms with Crippen LogP contribution in [0.2, 0.25) is 0 Å². The van der Waals surface area contributed by atoms with Crippen LogP contribution in [0.1, 0.15) is 44.6 Å². The minimum atomic E-state index is -4.19. The van der Waals surface area contributed by atoms with Gasteiger partial charge in [-0.3, -0.25) is 0 Å². The first-order chi connectivity index (χ1) is 20.6. The molecular formula is C27H44N6O9S. The summed E-state index contributed by atoms with van der Waals surface area (Å²) in [5.74, 6) is -0.190. The first-order valence-electron chi connectivity index (χ1n) is 14.7. The number of ether oxygens (including phenoxy) is 3. The molecule has 43 heavy (non-hydrogen) atoms. The molecule has 1 aromatic carbocycles. The zero-order valence-electron chi connectivity index (χ0n) is 24.4. The largest absolute Gasteiger partial charge is 0.446 e. The van der Waals surface area contributed by atoms with Gasteiger partial charge in [-0.15, -0.1) is 4.83 Å². The fourth-order valence-corrected chi connectivity index (χ4v) is 6.78. The first kappa shape index (κ1) is 33.2. The predicted octanol–water partition coefficient (Wildman–Crippen LogP) is -0.222. The Balaban J connectivity index is 1.39. The van der Waals surface area contributed by atoms with Crippen LogP contribution >= 0.6 is 0 Å². The van der Waals surface area contributed by atoms with Crippen LogP contribution < -0.4 is 26.5 Å². The maximum Gasteiger partial charge on any atom is 0.407 e. The monoisotopic (exact) mass is 628 g/mol. The third kappa shape index (κ3) is 9.38. The highest BCUT2D eigenvalue weighted by atomic mass is 32.2. The van der Waals surface area contributed by atoms with Crippen LogP contribution in [0.4, 0.5) is 15.3 Å². The highest BCUT2D eigenvalue weighted by Crippen LogP contribution is 2.26. The summed E-state index contributed by atoms with van der Waals surface area (Å²) < 4.78 is 43.9. The number of rotatable bonds is 13. The predicted molar refractivity (Wildman–Crippen MR) is 155 cm³/mol. The molecule has 3 saturated heterocycles. The lowest BCUT2D eigenvalue weighted by molar-refractivity contribution is -0.104. The molecule has 3 aliphatic rings. The normalized spacial score (nSPS) is 24.7. The molecular weight excluding hydrogens is 584 g/mol. The number of benzene rings is 1. The minimum absolute atomic E-state index is 0.00471. The molecule has 3 fully saturated rings. The smallest absolute Gasteiger partial charge is 0.407 e. The van der Waals surface area contributed by atoms with Crippen molar-refractivity contribution in [3.8, 4) is 0 Å². The van der Waals surface area contributed by atoms with E-state index in [1.165, 1.54) is 23.2 Å². The molecule has 0 saturated carbocycles. The molecule has 16 heteroatoms. The lowest BCUT2D eigenvalue weighted by Gasteiger charge is -2.34. The maximum atomic E-state index is 13.3. The number of nitrogens with two attached hydrogens (primary N) is 1. The van der Waals surface area contributed by atoms with E-state index in [1.807, 2.05) is 0 Å². The van der Waals surface area contributed by atoms with Crippen molar-refractivity contribution in [2.45, 2.75) is 81.0 Å². The lowest BCUT2D eigenvalue weighted by Crippen LogP contribution is -2.57. The topological polar surface area (TPSA) is 214 Å². The highest BCUT2D eigenvalue weighted by molar-refractivity contribution is 7.89. The number of carbonyl (C=O) groups is 2. The van der Waals surface area contributed by atoms with Crippen LogP contribution in [0.25, 0.3) is 0 Å². The Morgan fingerprint density at radius 2 is 1.95 bits per heavy atom. The van der Waals surface area contributed by atoms with E-state index in [-0.39, 0.29) is 60.5 Å². The number of carbonyl (C=O) groups excluding carboxylic acids is 2. The molecule has 242 valence electrons. The average Bonchev–Trinajstić information content (AvgIpc) is 3.52. The lowest BCUT2D eigenvalue weighted by atomic mass is 10.00. The Labute approximate surface area is 251 Å². The first-order valence-corrected chi connectivity index (χ1v) is 16.2. The van der Waals surface area contributed by atoms with Gasteiger partial charge in [0.05, 0.1) is 43.3 Å². The van der Waals surface area contributed by atoms with Crippen LogP contribution in [0.5, 0.6) is 0 Å². The molecule has 3 aliphatic heterocycles. The highest BCUT2D eigenvalue weighted by Gasteiger charge is 2.35. The average molecular weight is 629 g/mol. The Hall–Kier alpha value is -2.73. The SMILES string of the molecule is CC[C@H](NC(=O)OC1CCO[C@@H]([C@@H]2CCCO2)C1)[C@H](O)CN(CC1CNC(=O)NC1)NS(=O)(=O)c1ccc(CO)cc1N. The zero-order valence-corrected chi connectivity index (χ0v) is 25.2. The Kier molecular flexibility index (Phi) is 11.8. The van der Waals surface area contributed by atoms with Crippen molar-refractivity contribution in [2.75, 3.05) is 45.1 Å². The summed E-state index contributed by atoms with van der Waals surface area (Å²) in [6.07, 6.45) is 0.995. The van der Waals surface area contributed by atoms with Crippen molar-refractivity contribution in [1.29, 1.82) is 0 Å². The molecule has 0 aliphatic carbocycles. The molecule has 1 aromatic rings. The van der Waals surface area contributed by atoms with Crippen LogP contribution in [-0.4, -0.2) is 106 Å². The summed E-state index contributed by atoms with van der Waals surface area (Å²) in [4.78, 5) is 26.7. The maximum absolute atomic E-state index is 13.3. The number of anilines is 1. The van der Waals surface area contributed by atoms with E-state index in [2.05, 4.69) is 20.8 Å². The summed E-state index contributed by atoms with van der Waals surface area (Å²) in [5.41, 5.74) is 6.39. The van der Waals surface area contributed by atoms with E-state index in [1.54, 1.807) is 6.92 Å². The molecule has 15 nitrogen and oxygen atoms in total. The molecule has 3 amide bonds. The number of nitrogens with zero attached hydrogens (tertiary/aromatic N) is 1. The van der Waals surface area contributed by atoms with E-state index >= 15 is 0 Å². The number of urea groups is 1. The van der Waals surface area contributed by atoms with Gasteiger partial charge in [0.1, 0.15) is 11.0 Å². The van der Waals surface area contributed by atoms with Gasteiger partial charge in [-0.25, -0.2) is 23.0 Å². The van der Waals surface area contributed by atoms with Crippen LogP contribution in [0.3, 0.4) is 0 Å². The van der Waals surface area contributed by atoms with Crippen molar-refractivity contribution in [1.82, 2.24) is 25.8 Å². The van der Waals surface area contributed by atoms with E-state index in [4.69, 9.17) is 19.9 Å². The molecule has 3 heterocycles. The van der Waals surface area contributed by atoms with E-state index in [0.29, 0.717) is 51.1 Å². The number of aliphatic hydroxyl groups excluding tert-OH is 2. The van der Waals surface area contributed by atoms with Crippen molar-refractivity contribution in [3.05, 3.63) is 23.8 Å². The number of sulfonamides is 1. The van der Waals surface area contributed by atoms with Crippen LogP contribution in [0.15, 0.2) is 23.1 Å². The van der Waals surface area contributed by atoms with Crippen molar-refractivity contribution in [2.24, 2.45) is 5.92 Å². The fraction of sp³-hybridized carbons (Fsp3) is 0.704. The minimum Gasteiger partial charge on any atom is -0.446 e. The Morgan fingerprint density at radius 1 is 1.21 bits per heavy atom. The van der Waals surface area contributed by atoms with E-state index < -0.39 is 28.3 Å². The number of hydrogen-bond donors (Lipinski definition) is 7. The summed E-state index contributed by atoms with van der Waals surface area (Å²) >= 11 is 0. The number of hydrazine groups is 1. The standard InChI is InChI=1S/C27H44N6O9S/c1-2-21(31-27(37)42-19-7-9-41-24(11-19)23-4-3-8-40-23)22(35)15-33(14-18-12-29-26(36)30-13-18)32-43(38,39)25-6-5-17(16-34)10-20(25)28/h5-6,10,18-19,21-24,32,34-35H,2-4,7-9,11-16,28H2,1H3,(H,31,37)(H2,29,30,36)/t19?,21-,22+,23-,24+/m0/s1. The quantitative estimate of drug-likeness (QED) is 0.112. The molecule has 5 atom stereocenters. The molecule has 0 aromatic heterocycles. The number of alkyl carbamates (subject to hydrolysis) is 1. The third-order valence-corrected chi connectivity index (χ3v) is 9.36. The summed E-state index contributed by atoms with van der Waals surface area (Å²) in [5, 5.41) is 29.9. The van der Waals surface area contributed by atoms with Crippen molar-refractivity contribution < 1.29 is 42.4 Å². The zero-order chi connectivity index (χ0) is 31.0. The number of hydrogen-bond acceptors (Lipinski definition) is 11. The van der Waals surface area contributed by atoms with Gasteiger partial charge in [0.2, 0.25) is 0 Å². The Morgan fingerprint density at radius 3 is 2.60 bits per heavy atom. The van der Waals surface area contributed by atoms with E-state index in [0.717, 1.165) is 12.8 Å². The van der Waals surface area contributed by atoms with Gasteiger partial charge in [0, 0.05) is 51.5 Å². The molecule has 0 bridgehead atoms. The van der Waals surface area contributed by atoms with Gasteiger partial charge in [0.25, 0.3) is 10.0 Å². The molecule has 4 rings (SSSR count). The van der Waals surface area contributed by atoms with Gasteiger partial charge in [0.15, 0.2) is 0 Å². The van der Waals surface area contributed by atoms with Crippen LogP contribution in [-0.2, 0) is 30.8 Å². The summed E-state index contributed by atoms with van der Waals surface area (Å²) in [6, 6.07) is 3.06. The molecule has 1 unspecified atom stereocenters. The van der Waals surface area contributed by atoms with Gasteiger partial charge in [-0.05, 0) is 37.0 Å². The van der Waals surface area contributed by atoms with Crippen molar-refractivity contribution >= 4 is 27.8 Å². The fourth-order valence-electron chi connectivity index (χ4n) is 5.58. The second-order valence-electron chi connectivity index (χ2n) is 11.2. The Bertz CT molecular complexity index is 1190. The molecule has 8 N–H and O–H groups in total. The number of aliphatic hydroxyl groups is 2. The third-order valence-electron chi connectivity index (χ3n) is 7.91. The van der Waals surface area contributed by atoms with Gasteiger partial charge in [-0.2, -0.15) is 0 Å². The second-order valence-corrected chi connectivity index (χ2v) is 12.9. The van der Waals surface area contributed by atoms with Gasteiger partial charge < -0.3 is 46.1 Å². The van der Waals surface area contributed by atoms with Crippen LogP contribution in [0, 0.1) is 5.92 Å². The van der Waals surface area contributed by atoms with Crippen molar-refractivity contribution in [3.63, 3.8) is 0 Å². The summed E-state index contributed by atoms with van der Waals surface area (Å²) in [6.45, 7) is 3.20. The number of nitrogens with one attached hydrogen (secondary N) is 4. The van der Waals surface area contributed by atoms with Gasteiger partial charge >= 0.3 is 12.1 Å². The number of nitrogen functional groups attached to an aromatic ring is 1. The summed E-state index contributed by atoms with van der Waals surface area (Å²) in [7, 11) is -4.19. The molecule has 0 radical (unpaired) electrons. The van der Waals surface area contributed by atoms with Gasteiger partial charge in [-0.1, -0.05) is 13.0 Å². The number of amides is 3.